The van der Waals surface area contributed by atoms with Gasteiger partial charge in [0.05, 0.1) is 11.9 Å². The molecular formula is C14H28O2S. The number of esters is 1. The van der Waals surface area contributed by atoms with Crippen molar-refractivity contribution in [1.82, 2.24) is 0 Å². The van der Waals surface area contributed by atoms with Crippen LogP contribution in [-0.2, 0) is 9.53 Å². The van der Waals surface area contributed by atoms with Crippen LogP contribution >= 0.6 is 12.6 Å². The molecule has 0 aromatic carbocycles. The Morgan fingerprint density at radius 1 is 1.06 bits per heavy atom. The van der Waals surface area contributed by atoms with E-state index in [0.29, 0.717) is 0 Å². The predicted molar refractivity (Wildman–Crippen MR) is 76.6 cm³/mol. The van der Waals surface area contributed by atoms with Crippen LogP contribution in [-0.4, -0.2) is 17.8 Å². The van der Waals surface area contributed by atoms with E-state index in [1.54, 1.807) is 0 Å². The highest BCUT2D eigenvalue weighted by Gasteiger charge is 2.06. The minimum absolute atomic E-state index is 0.0507. The van der Waals surface area contributed by atoms with Crippen LogP contribution in [0.5, 0.6) is 0 Å². The third-order valence-electron chi connectivity index (χ3n) is 2.93. The average molecular weight is 260 g/mol. The second-order valence-electron chi connectivity index (χ2n) is 4.72. The fourth-order valence-electron chi connectivity index (χ4n) is 1.89. The van der Waals surface area contributed by atoms with E-state index < -0.39 is 0 Å². The average Bonchev–Trinajstić information content (AvgIpc) is 2.32. The highest BCUT2D eigenvalue weighted by atomic mass is 32.1. The molecule has 0 amide bonds. The highest BCUT2D eigenvalue weighted by molar-refractivity contribution is 7.81. The maximum atomic E-state index is 11.0. The van der Waals surface area contributed by atoms with Crippen LogP contribution in [0.2, 0.25) is 0 Å². The summed E-state index contributed by atoms with van der Waals surface area (Å²) in [4.78, 5) is 11.0. The summed E-state index contributed by atoms with van der Waals surface area (Å²) in [6, 6.07) is 0. The Morgan fingerprint density at radius 2 is 1.59 bits per heavy atom. The molecule has 0 spiro atoms. The maximum Gasteiger partial charge on any atom is 0.315 e. The first kappa shape index (κ1) is 16.8. The van der Waals surface area contributed by atoms with Gasteiger partial charge in [-0.2, -0.15) is 12.6 Å². The van der Waals surface area contributed by atoms with E-state index >= 15 is 0 Å². The van der Waals surface area contributed by atoms with Gasteiger partial charge in [-0.25, -0.2) is 0 Å². The number of thiol groups is 1. The molecule has 2 nitrogen and oxygen atoms in total. The first-order valence-corrected chi connectivity index (χ1v) is 7.64. The van der Waals surface area contributed by atoms with Crippen LogP contribution < -0.4 is 0 Å². The SMILES string of the molecule is CCCCCCCCCCC(C)OC(=O)CS. The molecule has 102 valence electrons. The summed E-state index contributed by atoms with van der Waals surface area (Å²) in [5, 5.41) is 0. The van der Waals surface area contributed by atoms with Gasteiger partial charge in [-0.3, -0.25) is 4.79 Å². The van der Waals surface area contributed by atoms with E-state index in [2.05, 4.69) is 19.6 Å². The van der Waals surface area contributed by atoms with Crippen molar-refractivity contribution in [2.45, 2.75) is 77.7 Å². The van der Waals surface area contributed by atoms with Crippen LogP contribution in [0.3, 0.4) is 0 Å². The van der Waals surface area contributed by atoms with Crippen molar-refractivity contribution in [2.24, 2.45) is 0 Å². The Labute approximate surface area is 112 Å². The van der Waals surface area contributed by atoms with Crippen LogP contribution in [0, 0.1) is 0 Å². The Bertz CT molecular complexity index is 183. The second-order valence-corrected chi connectivity index (χ2v) is 5.04. The van der Waals surface area contributed by atoms with Gasteiger partial charge in [0.15, 0.2) is 0 Å². The van der Waals surface area contributed by atoms with Crippen LogP contribution in [0.15, 0.2) is 0 Å². The summed E-state index contributed by atoms with van der Waals surface area (Å²) in [7, 11) is 0. The number of ether oxygens (including phenoxy) is 1. The Hall–Kier alpha value is -0.180. The van der Waals surface area contributed by atoms with Gasteiger partial charge >= 0.3 is 5.97 Å². The number of hydrogen-bond donors (Lipinski definition) is 1. The number of rotatable bonds is 11. The van der Waals surface area contributed by atoms with Crippen molar-refractivity contribution in [2.75, 3.05) is 5.75 Å². The second kappa shape index (κ2) is 12.3. The molecule has 0 fully saturated rings. The van der Waals surface area contributed by atoms with Gasteiger partial charge in [0.1, 0.15) is 0 Å². The number of carbonyl (C=O) groups excluding carboxylic acids is 1. The molecule has 1 unspecified atom stereocenters. The molecule has 0 radical (unpaired) electrons. The molecule has 0 heterocycles. The zero-order chi connectivity index (χ0) is 12.9. The molecule has 0 bridgehead atoms. The lowest BCUT2D eigenvalue weighted by molar-refractivity contribution is -0.145. The third-order valence-corrected chi connectivity index (χ3v) is 3.18. The lowest BCUT2D eigenvalue weighted by atomic mass is 10.1. The van der Waals surface area contributed by atoms with Gasteiger partial charge in [0, 0.05) is 0 Å². The molecule has 0 aromatic heterocycles. The Kier molecular flexibility index (Phi) is 12.2. The summed E-state index contributed by atoms with van der Waals surface area (Å²) in [5.41, 5.74) is 0. The van der Waals surface area contributed by atoms with Crippen molar-refractivity contribution in [1.29, 1.82) is 0 Å². The molecule has 0 saturated carbocycles. The molecule has 0 N–H and O–H groups in total. The monoisotopic (exact) mass is 260 g/mol. The van der Waals surface area contributed by atoms with Crippen molar-refractivity contribution in [3.05, 3.63) is 0 Å². The zero-order valence-electron chi connectivity index (χ0n) is 11.4. The molecule has 17 heavy (non-hydrogen) atoms. The fourth-order valence-corrected chi connectivity index (χ4v) is 1.96. The smallest absolute Gasteiger partial charge is 0.315 e. The minimum Gasteiger partial charge on any atom is -0.462 e. The molecule has 0 aromatic rings. The quantitative estimate of drug-likeness (QED) is 0.339. The standard InChI is InChI=1S/C14H28O2S/c1-3-4-5-6-7-8-9-10-11-13(2)16-14(15)12-17/h13,17H,3-12H2,1-2H3. The van der Waals surface area contributed by atoms with E-state index in [0.717, 1.165) is 12.8 Å². The molecule has 3 heteroatoms. The van der Waals surface area contributed by atoms with E-state index in [4.69, 9.17) is 4.74 Å². The molecular weight excluding hydrogens is 232 g/mol. The van der Waals surface area contributed by atoms with E-state index in [1.165, 1.54) is 44.9 Å². The van der Waals surface area contributed by atoms with Crippen LogP contribution in [0.25, 0.3) is 0 Å². The first-order chi connectivity index (χ1) is 8.20. The van der Waals surface area contributed by atoms with Gasteiger partial charge in [-0.15, -0.1) is 0 Å². The molecule has 1 atom stereocenters. The Balaban J connectivity index is 3.19. The van der Waals surface area contributed by atoms with Crippen molar-refractivity contribution < 1.29 is 9.53 Å². The first-order valence-electron chi connectivity index (χ1n) is 7.01. The van der Waals surface area contributed by atoms with E-state index in [1.807, 2.05) is 6.92 Å². The fraction of sp³-hybridized carbons (Fsp3) is 0.929. The molecule has 0 saturated heterocycles. The normalized spacial score (nSPS) is 12.4. The van der Waals surface area contributed by atoms with Gasteiger partial charge in [-0.1, -0.05) is 51.9 Å². The summed E-state index contributed by atoms with van der Waals surface area (Å²) in [5.74, 6) is -0.0257. The van der Waals surface area contributed by atoms with Crippen molar-refractivity contribution in [3.63, 3.8) is 0 Å². The van der Waals surface area contributed by atoms with Gasteiger partial charge in [-0.05, 0) is 19.8 Å². The molecule has 0 aliphatic rings. The number of hydrogen-bond acceptors (Lipinski definition) is 3. The number of carbonyl (C=O) groups is 1. The molecule has 0 rings (SSSR count). The maximum absolute atomic E-state index is 11.0. The zero-order valence-corrected chi connectivity index (χ0v) is 12.3. The summed E-state index contributed by atoms with van der Waals surface area (Å²) in [6.07, 6.45) is 11.6. The van der Waals surface area contributed by atoms with Crippen LogP contribution in [0.4, 0.5) is 0 Å². The molecule has 0 aliphatic heterocycles. The predicted octanol–water partition coefficient (Wildman–Crippen LogP) is 4.38. The largest absolute Gasteiger partial charge is 0.462 e. The topological polar surface area (TPSA) is 26.3 Å². The van der Waals surface area contributed by atoms with Gasteiger partial charge in [0.25, 0.3) is 0 Å². The molecule has 0 aliphatic carbocycles. The van der Waals surface area contributed by atoms with Gasteiger partial charge < -0.3 is 4.74 Å². The van der Waals surface area contributed by atoms with Crippen molar-refractivity contribution in [3.8, 4) is 0 Å². The number of unbranched alkanes of at least 4 members (excludes halogenated alkanes) is 7. The Morgan fingerprint density at radius 3 is 2.12 bits per heavy atom. The third kappa shape index (κ3) is 12.1. The summed E-state index contributed by atoms with van der Waals surface area (Å²) in [6.45, 7) is 4.20. The van der Waals surface area contributed by atoms with Gasteiger partial charge in [0.2, 0.25) is 0 Å². The lowest BCUT2D eigenvalue weighted by Gasteiger charge is -2.11. The highest BCUT2D eigenvalue weighted by Crippen LogP contribution is 2.11. The van der Waals surface area contributed by atoms with E-state index in [9.17, 15) is 4.79 Å². The van der Waals surface area contributed by atoms with E-state index in [-0.39, 0.29) is 17.8 Å². The minimum atomic E-state index is -0.208. The lowest BCUT2D eigenvalue weighted by Crippen LogP contribution is -2.15. The summed E-state index contributed by atoms with van der Waals surface area (Å²) < 4.78 is 5.14. The summed E-state index contributed by atoms with van der Waals surface area (Å²) >= 11 is 3.88. The van der Waals surface area contributed by atoms with Crippen molar-refractivity contribution >= 4 is 18.6 Å². The van der Waals surface area contributed by atoms with Crippen LogP contribution in [0.1, 0.15) is 71.6 Å².